The van der Waals surface area contributed by atoms with Crippen LogP contribution < -0.4 is 5.32 Å². The summed E-state index contributed by atoms with van der Waals surface area (Å²) in [4.78, 5) is 34.4. The first-order valence-electron chi connectivity index (χ1n) is 10.5. The highest BCUT2D eigenvalue weighted by Gasteiger charge is 2.20. The van der Waals surface area contributed by atoms with Crippen LogP contribution in [-0.4, -0.2) is 33.7 Å². The van der Waals surface area contributed by atoms with Crippen LogP contribution in [0.15, 0.2) is 65.3 Å². The highest BCUT2D eigenvalue weighted by atomic mass is 32.2. The number of thiophene rings is 1. The van der Waals surface area contributed by atoms with Gasteiger partial charge in [-0.25, -0.2) is 14.8 Å². The van der Waals surface area contributed by atoms with Gasteiger partial charge < -0.3 is 10.1 Å². The van der Waals surface area contributed by atoms with E-state index in [0.29, 0.717) is 17.9 Å². The maximum Gasteiger partial charge on any atom is 0.338 e. The van der Waals surface area contributed by atoms with E-state index >= 15 is 0 Å². The van der Waals surface area contributed by atoms with Gasteiger partial charge in [0, 0.05) is 16.6 Å². The van der Waals surface area contributed by atoms with Crippen LogP contribution in [0.4, 0.5) is 5.69 Å². The van der Waals surface area contributed by atoms with Gasteiger partial charge in [-0.1, -0.05) is 41.6 Å². The lowest BCUT2D eigenvalue weighted by Gasteiger charge is -2.13. The van der Waals surface area contributed by atoms with E-state index in [1.54, 1.807) is 48.9 Å². The Morgan fingerprint density at radius 2 is 1.82 bits per heavy atom. The number of fused-ring (bicyclic) bond motifs is 1. The lowest BCUT2D eigenvalue weighted by molar-refractivity contribution is -0.115. The van der Waals surface area contributed by atoms with Gasteiger partial charge in [0.1, 0.15) is 16.2 Å². The molecule has 0 fully saturated rings. The Kier molecular flexibility index (Phi) is 7.05. The van der Waals surface area contributed by atoms with Gasteiger partial charge in [-0.15, -0.1) is 11.3 Å². The predicted octanol–water partition coefficient (Wildman–Crippen LogP) is 5.96. The first-order chi connectivity index (χ1) is 16.0. The van der Waals surface area contributed by atoms with Crippen molar-refractivity contribution in [3.63, 3.8) is 0 Å². The highest BCUT2D eigenvalue weighted by Crippen LogP contribution is 2.39. The zero-order valence-electron chi connectivity index (χ0n) is 18.5. The molecular weight excluding hydrogens is 454 g/mol. The highest BCUT2D eigenvalue weighted by molar-refractivity contribution is 8.00. The first kappa shape index (κ1) is 22.9. The molecule has 8 heteroatoms. The number of anilines is 1. The number of hydrogen-bond donors (Lipinski definition) is 1. The van der Waals surface area contributed by atoms with Crippen LogP contribution >= 0.6 is 23.1 Å². The lowest BCUT2D eigenvalue weighted by Crippen LogP contribution is -2.22. The van der Waals surface area contributed by atoms with Gasteiger partial charge in [0.25, 0.3) is 0 Å². The Labute approximate surface area is 200 Å². The monoisotopic (exact) mass is 477 g/mol. The number of carbonyl (C=O) groups is 2. The zero-order valence-corrected chi connectivity index (χ0v) is 20.1. The number of esters is 1. The molecule has 2 aromatic carbocycles. The summed E-state index contributed by atoms with van der Waals surface area (Å²) in [5.74, 6) is -0.532. The van der Waals surface area contributed by atoms with Crippen molar-refractivity contribution in [3.8, 4) is 11.1 Å². The molecule has 168 valence electrons. The van der Waals surface area contributed by atoms with Crippen LogP contribution in [0.5, 0.6) is 0 Å². The average Bonchev–Trinajstić information content (AvgIpc) is 3.25. The van der Waals surface area contributed by atoms with E-state index in [4.69, 9.17) is 4.74 Å². The topological polar surface area (TPSA) is 81.2 Å². The van der Waals surface area contributed by atoms with Crippen molar-refractivity contribution in [1.29, 1.82) is 0 Å². The van der Waals surface area contributed by atoms with Crippen molar-refractivity contribution in [1.82, 2.24) is 9.97 Å². The molecule has 2 aromatic heterocycles. The lowest BCUT2D eigenvalue weighted by atomic mass is 10.1. The number of hydrogen-bond acceptors (Lipinski definition) is 7. The third-order valence-electron chi connectivity index (χ3n) is 5.02. The van der Waals surface area contributed by atoms with Crippen LogP contribution in [0.25, 0.3) is 21.3 Å². The molecule has 1 unspecified atom stereocenters. The number of aromatic nitrogens is 2. The quantitative estimate of drug-likeness (QED) is 0.201. The predicted molar refractivity (Wildman–Crippen MR) is 134 cm³/mol. The second-order valence-corrected chi connectivity index (χ2v) is 9.61. The minimum atomic E-state index is -0.390. The molecule has 0 radical (unpaired) electrons. The maximum atomic E-state index is 12.8. The zero-order chi connectivity index (χ0) is 23.4. The Hall–Kier alpha value is -3.23. The van der Waals surface area contributed by atoms with Gasteiger partial charge in [-0.2, -0.15) is 0 Å². The van der Waals surface area contributed by atoms with Gasteiger partial charge >= 0.3 is 5.97 Å². The third kappa shape index (κ3) is 5.23. The van der Waals surface area contributed by atoms with Crippen molar-refractivity contribution in [2.45, 2.75) is 31.0 Å². The van der Waals surface area contributed by atoms with Crippen molar-refractivity contribution in [2.24, 2.45) is 0 Å². The van der Waals surface area contributed by atoms with Crippen molar-refractivity contribution in [2.75, 3.05) is 11.9 Å². The fourth-order valence-corrected chi connectivity index (χ4v) is 5.17. The van der Waals surface area contributed by atoms with Crippen molar-refractivity contribution < 1.29 is 14.3 Å². The Balaban J connectivity index is 1.51. The summed E-state index contributed by atoms with van der Waals surface area (Å²) in [6.45, 7) is 5.98. The number of nitrogens with one attached hydrogen (secondary N) is 1. The van der Waals surface area contributed by atoms with Crippen molar-refractivity contribution >= 4 is 50.9 Å². The Morgan fingerprint density at radius 1 is 1.09 bits per heavy atom. The fourth-order valence-electron chi connectivity index (χ4n) is 3.25. The van der Waals surface area contributed by atoms with Gasteiger partial charge in [-0.05, 0) is 50.6 Å². The molecule has 0 bridgehead atoms. The molecule has 0 saturated heterocycles. The molecule has 0 aliphatic heterocycles. The van der Waals surface area contributed by atoms with Crippen LogP contribution in [0.2, 0.25) is 0 Å². The van der Waals surface area contributed by atoms with Gasteiger partial charge in [-0.3, -0.25) is 4.79 Å². The number of aryl methyl sites for hydroxylation is 1. The van der Waals surface area contributed by atoms with Gasteiger partial charge in [0.05, 0.1) is 22.8 Å². The van der Waals surface area contributed by atoms with E-state index in [2.05, 4.69) is 51.9 Å². The average molecular weight is 478 g/mol. The van der Waals surface area contributed by atoms with E-state index < -0.39 is 5.25 Å². The Morgan fingerprint density at radius 3 is 2.52 bits per heavy atom. The molecular formula is C25H23N3O3S2. The molecule has 1 amide bonds. The fraction of sp³-hybridized carbons (Fsp3) is 0.200. The second-order valence-electron chi connectivity index (χ2n) is 7.42. The molecule has 0 spiro atoms. The first-order valence-corrected chi connectivity index (χ1v) is 12.3. The van der Waals surface area contributed by atoms with E-state index in [1.165, 1.54) is 17.3 Å². The van der Waals surface area contributed by atoms with Gasteiger partial charge in [0.15, 0.2) is 0 Å². The van der Waals surface area contributed by atoms with E-state index in [0.717, 1.165) is 26.4 Å². The van der Waals surface area contributed by atoms with Gasteiger partial charge in [0.2, 0.25) is 5.91 Å². The third-order valence-corrected chi connectivity index (χ3v) is 7.01. The standard InChI is InChI=1S/C25H23N3O3S2/c1-4-31-25(30)18-9-11-19(12-10-18)28-22(29)16(3)33-24-21-20(13-32-23(21)26-14-27-24)17-7-5-15(2)6-8-17/h5-14,16H,4H2,1-3H3,(H,28,29). The molecule has 6 nitrogen and oxygen atoms in total. The molecule has 1 N–H and O–H groups in total. The maximum absolute atomic E-state index is 12.8. The normalized spacial score (nSPS) is 11.8. The van der Waals surface area contributed by atoms with Crippen LogP contribution in [0.1, 0.15) is 29.8 Å². The van der Waals surface area contributed by atoms with E-state index in [-0.39, 0.29) is 11.9 Å². The summed E-state index contributed by atoms with van der Waals surface area (Å²) < 4.78 is 4.99. The van der Waals surface area contributed by atoms with Crippen LogP contribution in [0.3, 0.4) is 0 Å². The number of carbonyl (C=O) groups excluding carboxylic acids is 2. The largest absolute Gasteiger partial charge is 0.462 e. The molecule has 0 aliphatic carbocycles. The molecule has 4 rings (SSSR count). The molecule has 0 aliphatic rings. The minimum Gasteiger partial charge on any atom is -0.462 e. The molecule has 2 heterocycles. The molecule has 33 heavy (non-hydrogen) atoms. The minimum absolute atomic E-state index is 0.150. The number of amides is 1. The van der Waals surface area contributed by atoms with Crippen LogP contribution in [0, 0.1) is 6.92 Å². The summed E-state index contributed by atoms with van der Waals surface area (Å²) >= 11 is 2.97. The van der Waals surface area contributed by atoms with Crippen molar-refractivity contribution in [3.05, 3.63) is 71.4 Å². The number of nitrogens with zero attached hydrogens (tertiary/aromatic N) is 2. The summed E-state index contributed by atoms with van der Waals surface area (Å²) in [7, 11) is 0. The SMILES string of the molecule is CCOC(=O)c1ccc(NC(=O)C(C)Sc2ncnc3scc(-c4ccc(C)cc4)c23)cc1. The molecule has 1 atom stereocenters. The smallest absolute Gasteiger partial charge is 0.338 e. The summed E-state index contributed by atoms with van der Waals surface area (Å²) in [5.41, 5.74) is 4.43. The summed E-state index contributed by atoms with van der Waals surface area (Å²) in [5, 5.41) is 6.34. The Bertz CT molecular complexity index is 1280. The van der Waals surface area contributed by atoms with E-state index in [1.807, 2.05) is 6.92 Å². The molecule has 0 saturated carbocycles. The molecule has 4 aromatic rings. The summed E-state index contributed by atoms with van der Waals surface area (Å²) in [6.07, 6.45) is 1.54. The number of ether oxygens (including phenoxy) is 1. The number of benzene rings is 2. The van der Waals surface area contributed by atoms with Crippen LogP contribution in [-0.2, 0) is 9.53 Å². The number of rotatable bonds is 7. The second kappa shape index (κ2) is 10.1. The van der Waals surface area contributed by atoms with E-state index in [9.17, 15) is 9.59 Å². The summed E-state index contributed by atoms with van der Waals surface area (Å²) in [6, 6.07) is 15.0. The number of thioether (sulfide) groups is 1.